The Balaban J connectivity index is 1.94. The quantitative estimate of drug-likeness (QED) is 0.739. The molecule has 150 valence electrons. The van der Waals surface area contributed by atoms with Crippen molar-refractivity contribution < 1.29 is 13.6 Å². The van der Waals surface area contributed by atoms with E-state index in [1.807, 2.05) is 4.90 Å². The second-order valence-electron chi connectivity index (χ2n) is 7.40. The fourth-order valence-electron chi connectivity index (χ4n) is 3.49. The molecule has 3 N–H and O–H groups in total. The number of pyridine rings is 2. The third-order valence-corrected chi connectivity index (χ3v) is 4.78. The number of anilines is 2. The smallest absolute Gasteiger partial charge is 0.266 e. The molecule has 0 aliphatic carbocycles. The minimum Gasteiger partial charge on any atom is -0.383 e. The van der Waals surface area contributed by atoms with E-state index in [1.54, 1.807) is 12.1 Å². The minimum atomic E-state index is -2.81. The molecule has 0 amide bonds. The molecule has 0 aromatic carbocycles. The highest BCUT2D eigenvalue weighted by Gasteiger charge is 2.26. The maximum absolute atomic E-state index is 13.5. The summed E-state index contributed by atoms with van der Waals surface area (Å²) < 4.78 is 27.0. The van der Waals surface area contributed by atoms with Gasteiger partial charge in [-0.2, -0.15) is 0 Å². The summed E-state index contributed by atoms with van der Waals surface area (Å²) in [7, 11) is 0. The van der Waals surface area contributed by atoms with Crippen LogP contribution >= 0.6 is 0 Å². The summed E-state index contributed by atoms with van der Waals surface area (Å²) in [4.78, 5) is 23.1. The number of hydrogen-bond acceptors (Lipinski definition) is 6. The van der Waals surface area contributed by atoms with Crippen LogP contribution in [0.15, 0.2) is 30.5 Å². The molecule has 0 unspecified atom stereocenters. The van der Waals surface area contributed by atoms with Crippen LogP contribution in [0.3, 0.4) is 0 Å². The van der Waals surface area contributed by atoms with E-state index in [4.69, 9.17) is 5.73 Å². The van der Waals surface area contributed by atoms with Crippen LogP contribution in [0.25, 0.3) is 0 Å². The Labute approximate surface area is 163 Å². The van der Waals surface area contributed by atoms with Crippen LogP contribution in [-0.2, 0) is 0 Å². The zero-order valence-electron chi connectivity index (χ0n) is 16.0. The predicted molar refractivity (Wildman–Crippen MR) is 105 cm³/mol. The highest BCUT2D eigenvalue weighted by atomic mass is 19.3. The molecule has 3 rings (SSSR count). The lowest BCUT2D eigenvalue weighted by Gasteiger charge is -2.35. The van der Waals surface area contributed by atoms with E-state index in [-0.39, 0.29) is 17.1 Å². The van der Waals surface area contributed by atoms with Gasteiger partial charge in [-0.3, -0.25) is 4.79 Å². The van der Waals surface area contributed by atoms with E-state index in [1.165, 1.54) is 18.3 Å². The van der Waals surface area contributed by atoms with Gasteiger partial charge in [-0.25, -0.2) is 18.7 Å². The summed E-state index contributed by atoms with van der Waals surface area (Å²) in [6.45, 7) is 6.49. The molecule has 3 heterocycles. The van der Waals surface area contributed by atoms with Gasteiger partial charge < -0.3 is 16.0 Å². The van der Waals surface area contributed by atoms with Crippen molar-refractivity contribution in [2.24, 2.45) is 5.92 Å². The Bertz CT molecular complexity index is 843. The zero-order valence-corrected chi connectivity index (χ0v) is 16.0. The predicted octanol–water partition coefficient (Wildman–Crippen LogP) is 3.05. The Morgan fingerprint density at radius 2 is 2.14 bits per heavy atom. The van der Waals surface area contributed by atoms with Crippen molar-refractivity contribution in [2.45, 2.75) is 32.7 Å². The van der Waals surface area contributed by atoms with Gasteiger partial charge in [-0.15, -0.1) is 0 Å². The molecule has 2 aromatic rings. The summed E-state index contributed by atoms with van der Waals surface area (Å²) in [5, 5.41) is 3.47. The van der Waals surface area contributed by atoms with Gasteiger partial charge in [0.15, 0.2) is 0 Å². The van der Waals surface area contributed by atoms with E-state index in [0.717, 1.165) is 13.0 Å². The SMILES string of the molecule is CC(C)C[C@H]1CN(c2ccc(C(F)F)c(C(=O)c3cccnc3N)n2)CCN1. The standard InChI is InChI=1S/C20H25F2N5O/c1-12(2)10-13-11-27(9-8-24-13)16-6-5-14(19(21)22)17(26-16)18(28)15-4-3-7-25-20(15)23/h3-7,12-13,19,24H,8-11H2,1-2H3,(H2,23,25)/t13-/m0/s1. The molecule has 1 saturated heterocycles. The number of carbonyl (C=O) groups excluding carboxylic acids is 1. The summed E-state index contributed by atoms with van der Waals surface area (Å²) in [5.41, 5.74) is 5.17. The third-order valence-electron chi connectivity index (χ3n) is 4.78. The largest absolute Gasteiger partial charge is 0.383 e. The monoisotopic (exact) mass is 389 g/mol. The third kappa shape index (κ3) is 4.44. The summed E-state index contributed by atoms with van der Waals surface area (Å²) >= 11 is 0. The van der Waals surface area contributed by atoms with Gasteiger partial charge in [0.1, 0.15) is 17.3 Å². The van der Waals surface area contributed by atoms with E-state index in [9.17, 15) is 13.6 Å². The molecule has 1 aliphatic heterocycles. The van der Waals surface area contributed by atoms with Gasteiger partial charge in [0.25, 0.3) is 6.43 Å². The van der Waals surface area contributed by atoms with Crippen LogP contribution in [0.2, 0.25) is 0 Å². The summed E-state index contributed by atoms with van der Waals surface area (Å²) in [5.74, 6) is 0.415. The first kappa shape index (κ1) is 20.1. The fourth-order valence-corrected chi connectivity index (χ4v) is 3.49. The van der Waals surface area contributed by atoms with E-state index < -0.39 is 17.8 Å². The number of nitrogen functional groups attached to an aromatic ring is 1. The second kappa shape index (κ2) is 8.60. The van der Waals surface area contributed by atoms with Crippen molar-refractivity contribution in [3.63, 3.8) is 0 Å². The number of piperazine rings is 1. The Kier molecular flexibility index (Phi) is 6.18. The number of hydrogen-bond donors (Lipinski definition) is 2. The number of aromatic nitrogens is 2. The first-order valence-corrected chi connectivity index (χ1v) is 9.39. The Morgan fingerprint density at radius 1 is 1.36 bits per heavy atom. The van der Waals surface area contributed by atoms with Gasteiger partial charge >= 0.3 is 0 Å². The lowest BCUT2D eigenvalue weighted by Crippen LogP contribution is -2.51. The first-order chi connectivity index (χ1) is 13.4. The molecule has 0 spiro atoms. The highest BCUT2D eigenvalue weighted by molar-refractivity contribution is 6.11. The number of nitrogens with two attached hydrogens (primary N) is 1. The number of nitrogens with one attached hydrogen (secondary N) is 1. The molecule has 1 aliphatic rings. The highest BCUT2D eigenvalue weighted by Crippen LogP contribution is 2.28. The lowest BCUT2D eigenvalue weighted by atomic mass is 10.0. The minimum absolute atomic E-state index is 0.000843. The van der Waals surface area contributed by atoms with Gasteiger partial charge in [-0.05, 0) is 36.6 Å². The average Bonchev–Trinajstić information content (AvgIpc) is 2.67. The van der Waals surface area contributed by atoms with Crippen LogP contribution in [-0.4, -0.2) is 41.4 Å². The van der Waals surface area contributed by atoms with Crippen molar-refractivity contribution >= 4 is 17.4 Å². The fraction of sp³-hybridized carbons (Fsp3) is 0.450. The normalized spacial score (nSPS) is 17.4. The van der Waals surface area contributed by atoms with E-state index >= 15 is 0 Å². The average molecular weight is 389 g/mol. The molecular weight excluding hydrogens is 364 g/mol. The second-order valence-corrected chi connectivity index (χ2v) is 7.40. The van der Waals surface area contributed by atoms with Gasteiger partial charge in [0.05, 0.1) is 5.56 Å². The maximum atomic E-state index is 13.5. The van der Waals surface area contributed by atoms with Crippen LogP contribution in [0.4, 0.5) is 20.4 Å². The molecular formula is C20H25F2N5O. The van der Waals surface area contributed by atoms with Crippen molar-refractivity contribution in [1.29, 1.82) is 0 Å². The van der Waals surface area contributed by atoms with Crippen molar-refractivity contribution in [2.75, 3.05) is 30.3 Å². The van der Waals surface area contributed by atoms with E-state index in [0.29, 0.717) is 30.9 Å². The number of rotatable bonds is 6. The van der Waals surface area contributed by atoms with Crippen LogP contribution in [0, 0.1) is 5.92 Å². The van der Waals surface area contributed by atoms with Crippen LogP contribution in [0.5, 0.6) is 0 Å². The molecule has 8 heteroatoms. The number of alkyl halides is 2. The number of ketones is 1. The first-order valence-electron chi connectivity index (χ1n) is 9.39. The number of halogens is 2. The van der Waals surface area contributed by atoms with Gasteiger partial charge in [-0.1, -0.05) is 13.8 Å². The number of nitrogens with zero attached hydrogens (tertiary/aromatic N) is 3. The van der Waals surface area contributed by atoms with Crippen LogP contribution < -0.4 is 16.0 Å². The van der Waals surface area contributed by atoms with E-state index in [2.05, 4.69) is 29.1 Å². The maximum Gasteiger partial charge on any atom is 0.266 e. The Morgan fingerprint density at radius 3 is 2.82 bits per heavy atom. The molecule has 0 radical (unpaired) electrons. The molecule has 6 nitrogen and oxygen atoms in total. The van der Waals surface area contributed by atoms with Crippen molar-refractivity contribution in [3.05, 3.63) is 47.3 Å². The molecule has 1 atom stereocenters. The van der Waals surface area contributed by atoms with Gasteiger partial charge in [0.2, 0.25) is 5.78 Å². The molecule has 0 saturated carbocycles. The summed E-state index contributed by atoms with van der Waals surface area (Å²) in [6.07, 6.45) is -0.362. The van der Waals surface area contributed by atoms with Crippen molar-refractivity contribution in [3.8, 4) is 0 Å². The zero-order chi connectivity index (χ0) is 20.3. The summed E-state index contributed by atoms with van der Waals surface area (Å²) in [6, 6.07) is 6.15. The van der Waals surface area contributed by atoms with Crippen molar-refractivity contribution in [1.82, 2.24) is 15.3 Å². The number of carbonyl (C=O) groups is 1. The Hall–Kier alpha value is -2.61. The molecule has 0 bridgehead atoms. The van der Waals surface area contributed by atoms with Gasteiger partial charge in [0, 0.05) is 37.4 Å². The topological polar surface area (TPSA) is 84.1 Å². The van der Waals surface area contributed by atoms with Crippen LogP contribution in [0.1, 0.15) is 48.3 Å². The molecule has 1 fully saturated rings. The lowest BCUT2D eigenvalue weighted by molar-refractivity contribution is 0.101. The molecule has 2 aromatic heterocycles. The molecule has 28 heavy (non-hydrogen) atoms.